The van der Waals surface area contributed by atoms with Gasteiger partial charge in [0, 0.05) is 19.2 Å². The molecule has 1 saturated heterocycles. The van der Waals surface area contributed by atoms with Gasteiger partial charge in [0.1, 0.15) is 6.04 Å². The van der Waals surface area contributed by atoms with E-state index in [9.17, 15) is 9.59 Å². The van der Waals surface area contributed by atoms with Gasteiger partial charge < -0.3 is 10.2 Å². The van der Waals surface area contributed by atoms with Gasteiger partial charge in [-0.3, -0.25) is 9.69 Å². The fourth-order valence-electron chi connectivity index (χ4n) is 1.23. The van der Waals surface area contributed by atoms with Gasteiger partial charge in [0.2, 0.25) is 0 Å². The zero-order chi connectivity index (χ0) is 9.84. The molecule has 2 N–H and O–H groups in total. The summed E-state index contributed by atoms with van der Waals surface area (Å²) in [6.45, 7) is 1.12. The third-order valence-corrected chi connectivity index (χ3v) is 2.02. The molecule has 5 nitrogen and oxygen atoms in total. The van der Waals surface area contributed by atoms with Crippen molar-refractivity contribution in [2.24, 2.45) is 0 Å². The Bertz CT molecular complexity index is 249. The summed E-state index contributed by atoms with van der Waals surface area (Å²) in [5.41, 5.74) is 0. The lowest BCUT2D eigenvalue weighted by Gasteiger charge is -2.36. The van der Waals surface area contributed by atoms with Crippen LogP contribution in [0.25, 0.3) is 0 Å². The molecule has 1 heterocycles. The highest BCUT2D eigenvalue weighted by Gasteiger charge is 2.32. The Balaban J connectivity index is 2.30. The Morgan fingerprint density at radius 3 is 2.54 bits per heavy atom. The molecule has 0 saturated carbocycles. The maximum Gasteiger partial charge on any atom is 0.328 e. The van der Waals surface area contributed by atoms with Gasteiger partial charge in [-0.15, -0.1) is 0 Å². The van der Waals surface area contributed by atoms with E-state index in [0.717, 1.165) is 12.6 Å². The van der Waals surface area contributed by atoms with Crippen molar-refractivity contribution in [1.29, 1.82) is 0 Å². The Hall–Kier alpha value is -1.36. The first-order valence-corrected chi connectivity index (χ1v) is 3.97. The Labute approximate surface area is 75.3 Å². The summed E-state index contributed by atoms with van der Waals surface area (Å²) in [7, 11) is 0. The first-order chi connectivity index (χ1) is 6.11. The van der Waals surface area contributed by atoms with Crippen LogP contribution in [0, 0.1) is 0 Å². The maximum absolute atomic E-state index is 10.5. The molecule has 1 aliphatic heterocycles. The van der Waals surface area contributed by atoms with Crippen LogP contribution in [-0.4, -0.2) is 46.2 Å². The quantitative estimate of drug-likeness (QED) is 0.592. The minimum atomic E-state index is -1.01. The van der Waals surface area contributed by atoms with E-state index in [2.05, 4.69) is 0 Å². The molecule has 0 amide bonds. The summed E-state index contributed by atoms with van der Waals surface area (Å²) < 4.78 is 0. The molecule has 0 aromatic carbocycles. The van der Waals surface area contributed by atoms with E-state index in [-0.39, 0.29) is 0 Å². The van der Waals surface area contributed by atoms with E-state index in [1.165, 1.54) is 6.08 Å². The van der Waals surface area contributed by atoms with Crippen LogP contribution in [0.1, 0.15) is 6.42 Å². The van der Waals surface area contributed by atoms with Crippen molar-refractivity contribution in [2.45, 2.75) is 12.5 Å². The van der Waals surface area contributed by atoms with Crippen LogP contribution in [0.5, 0.6) is 0 Å². The number of carboxylic acid groups (broad SMARTS) is 2. The lowest BCUT2D eigenvalue weighted by atomic mass is 10.0. The largest absolute Gasteiger partial charge is 0.480 e. The van der Waals surface area contributed by atoms with Crippen molar-refractivity contribution in [3.63, 3.8) is 0 Å². The highest BCUT2D eigenvalue weighted by Crippen LogP contribution is 2.16. The second-order valence-corrected chi connectivity index (χ2v) is 2.88. The van der Waals surface area contributed by atoms with Crippen molar-refractivity contribution < 1.29 is 19.8 Å². The number of nitrogens with zero attached hydrogens (tertiary/aromatic N) is 1. The predicted octanol–water partition coefficient (Wildman–Crippen LogP) is -0.214. The lowest BCUT2D eigenvalue weighted by Crippen LogP contribution is -2.52. The second kappa shape index (κ2) is 4.04. The van der Waals surface area contributed by atoms with E-state index in [1.54, 1.807) is 4.90 Å². The third-order valence-electron chi connectivity index (χ3n) is 2.02. The van der Waals surface area contributed by atoms with Crippen molar-refractivity contribution in [2.75, 3.05) is 13.1 Å². The smallest absolute Gasteiger partial charge is 0.328 e. The van der Waals surface area contributed by atoms with E-state index in [4.69, 9.17) is 10.2 Å². The van der Waals surface area contributed by atoms with Gasteiger partial charge in [-0.05, 0) is 6.42 Å². The normalized spacial score (nSPS) is 22.9. The first kappa shape index (κ1) is 9.73. The molecule has 0 aromatic rings. The summed E-state index contributed by atoms with van der Waals surface area (Å²) in [6, 6.07) is -0.432. The Morgan fingerprint density at radius 2 is 2.15 bits per heavy atom. The van der Waals surface area contributed by atoms with Gasteiger partial charge >= 0.3 is 11.9 Å². The van der Waals surface area contributed by atoms with Crippen molar-refractivity contribution in [3.8, 4) is 0 Å². The molecular formula is C8H11NO4. The van der Waals surface area contributed by atoms with Crippen molar-refractivity contribution >= 4 is 11.9 Å². The van der Waals surface area contributed by atoms with Gasteiger partial charge in [0.15, 0.2) is 0 Å². The van der Waals surface area contributed by atoms with Gasteiger partial charge in [0.25, 0.3) is 0 Å². The fraction of sp³-hybridized carbons (Fsp3) is 0.500. The van der Waals surface area contributed by atoms with Crippen LogP contribution >= 0.6 is 0 Å². The molecule has 1 atom stereocenters. The first-order valence-electron chi connectivity index (χ1n) is 3.97. The molecular weight excluding hydrogens is 174 g/mol. The molecule has 0 spiro atoms. The van der Waals surface area contributed by atoms with Crippen LogP contribution in [0.4, 0.5) is 0 Å². The summed E-state index contributed by atoms with van der Waals surface area (Å²) in [4.78, 5) is 22.3. The molecule has 72 valence electrons. The van der Waals surface area contributed by atoms with Gasteiger partial charge in [-0.25, -0.2) is 4.79 Å². The molecule has 0 bridgehead atoms. The fourth-order valence-corrected chi connectivity index (χ4v) is 1.23. The molecule has 1 aliphatic rings. The van der Waals surface area contributed by atoms with E-state index >= 15 is 0 Å². The summed E-state index contributed by atoms with van der Waals surface area (Å²) in [5.74, 6) is -1.85. The van der Waals surface area contributed by atoms with Crippen LogP contribution in [0.3, 0.4) is 0 Å². The van der Waals surface area contributed by atoms with Crippen molar-refractivity contribution in [1.82, 2.24) is 4.90 Å². The molecule has 13 heavy (non-hydrogen) atoms. The average molecular weight is 185 g/mol. The number of likely N-dealkylation sites (tertiary alicyclic amines) is 1. The Morgan fingerprint density at radius 1 is 1.46 bits per heavy atom. The van der Waals surface area contributed by atoms with Crippen LogP contribution in [0.15, 0.2) is 12.2 Å². The second-order valence-electron chi connectivity index (χ2n) is 2.88. The van der Waals surface area contributed by atoms with E-state index < -0.39 is 18.0 Å². The molecule has 0 aromatic heterocycles. The molecule has 5 heteroatoms. The van der Waals surface area contributed by atoms with Gasteiger partial charge in [-0.1, -0.05) is 6.08 Å². The van der Waals surface area contributed by atoms with Gasteiger partial charge in [0.05, 0.1) is 0 Å². The number of hydrogen-bond acceptors (Lipinski definition) is 3. The zero-order valence-electron chi connectivity index (χ0n) is 7.01. The minimum Gasteiger partial charge on any atom is -0.480 e. The standard InChI is InChI=1S/C8H11NO4/c10-7(11)2-1-4-9-5-3-6(9)8(12)13/h1-2,6H,3-5H2,(H,10,11)(H,12,13)/b2-1+/t6-/m0/s1. The number of carboxylic acids is 2. The SMILES string of the molecule is O=C(O)/C=C/CN1CC[C@H]1C(=O)O. The summed E-state index contributed by atoms with van der Waals surface area (Å²) >= 11 is 0. The van der Waals surface area contributed by atoms with E-state index in [1.807, 2.05) is 0 Å². The minimum absolute atomic E-state index is 0.392. The van der Waals surface area contributed by atoms with Crippen molar-refractivity contribution in [3.05, 3.63) is 12.2 Å². The number of carbonyl (C=O) groups is 2. The number of hydrogen-bond donors (Lipinski definition) is 2. The van der Waals surface area contributed by atoms with Gasteiger partial charge in [-0.2, -0.15) is 0 Å². The molecule has 0 aliphatic carbocycles. The maximum atomic E-state index is 10.5. The molecule has 0 radical (unpaired) electrons. The third kappa shape index (κ3) is 2.55. The molecule has 1 rings (SSSR count). The molecule has 0 unspecified atom stereocenters. The summed E-state index contributed by atoms with van der Waals surface area (Å²) in [6.07, 6.45) is 3.13. The highest BCUT2D eigenvalue weighted by atomic mass is 16.4. The zero-order valence-corrected chi connectivity index (χ0v) is 7.01. The highest BCUT2D eigenvalue weighted by molar-refractivity contribution is 5.79. The molecule has 1 fully saturated rings. The Kier molecular flexibility index (Phi) is 3.02. The monoisotopic (exact) mass is 185 g/mol. The van der Waals surface area contributed by atoms with Crippen LogP contribution < -0.4 is 0 Å². The number of rotatable bonds is 4. The van der Waals surface area contributed by atoms with Crippen LogP contribution in [-0.2, 0) is 9.59 Å². The lowest BCUT2D eigenvalue weighted by molar-refractivity contribution is -0.147. The van der Waals surface area contributed by atoms with E-state index in [0.29, 0.717) is 13.0 Å². The number of aliphatic carboxylic acids is 2. The predicted molar refractivity (Wildman–Crippen MR) is 44.4 cm³/mol. The summed E-state index contributed by atoms with van der Waals surface area (Å²) in [5, 5.41) is 16.9. The topological polar surface area (TPSA) is 77.8 Å². The average Bonchev–Trinajstić information content (AvgIpc) is 1.93. The van der Waals surface area contributed by atoms with Crippen LogP contribution in [0.2, 0.25) is 0 Å².